The molecule has 0 radical (unpaired) electrons. The largest absolute Gasteiger partial charge is 0.332 e. The van der Waals surface area contributed by atoms with Crippen molar-refractivity contribution in [3.05, 3.63) is 85.5 Å². The van der Waals surface area contributed by atoms with Gasteiger partial charge in [-0.05, 0) is 60.7 Å². The molecule has 3 heterocycles. The number of hydrogen-bond acceptors (Lipinski definition) is 5. The molecule has 0 saturated heterocycles. The van der Waals surface area contributed by atoms with Crippen LogP contribution in [0.25, 0.3) is 26.5 Å². The standard InChI is InChI=1S/C22H16N6S2/c29-22(25-16-5-7-18(8-6-16)28-12-2-10-24-28)26-17-4-1-3-15(13-17)21-27-19-9-11-23-14-20(19)30-21/h1-14H,(H2,25,26,29). The lowest BCUT2D eigenvalue weighted by Crippen LogP contribution is -2.19. The molecule has 8 heteroatoms. The first-order valence-corrected chi connectivity index (χ1v) is 10.5. The molecule has 0 saturated carbocycles. The third-order valence-corrected chi connectivity index (χ3v) is 5.71. The van der Waals surface area contributed by atoms with E-state index in [2.05, 4.69) is 20.7 Å². The third kappa shape index (κ3) is 3.91. The van der Waals surface area contributed by atoms with Crippen molar-refractivity contribution in [3.8, 4) is 16.3 Å². The van der Waals surface area contributed by atoms with Crippen LogP contribution in [0.15, 0.2) is 85.5 Å². The van der Waals surface area contributed by atoms with Crippen molar-refractivity contribution in [2.24, 2.45) is 0 Å². The van der Waals surface area contributed by atoms with Crippen LogP contribution in [0.3, 0.4) is 0 Å². The van der Waals surface area contributed by atoms with E-state index in [1.54, 1.807) is 23.7 Å². The summed E-state index contributed by atoms with van der Waals surface area (Å²) < 4.78 is 2.88. The van der Waals surface area contributed by atoms with Gasteiger partial charge < -0.3 is 10.6 Å². The first-order valence-electron chi connectivity index (χ1n) is 9.24. The number of rotatable bonds is 4. The summed E-state index contributed by atoms with van der Waals surface area (Å²) in [6.07, 6.45) is 7.26. The number of benzene rings is 2. The maximum absolute atomic E-state index is 5.48. The summed E-state index contributed by atoms with van der Waals surface area (Å²) in [6.45, 7) is 0. The highest BCUT2D eigenvalue weighted by Gasteiger charge is 2.08. The average Bonchev–Trinajstić information content (AvgIpc) is 3.44. The van der Waals surface area contributed by atoms with Gasteiger partial charge in [0.15, 0.2) is 5.11 Å². The number of hydrogen-bond donors (Lipinski definition) is 2. The van der Waals surface area contributed by atoms with Gasteiger partial charge in [0.05, 0.1) is 15.9 Å². The highest BCUT2D eigenvalue weighted by atomic mass is 32.1. The molecule has 0 fully saturated rings. The molecule has 6 nitrogen and oxygen atoms in total. The van der Waals surface area contributed by atoms with E-state index in [9.17, 15) is 0 Å². The number of thiazole rings is 1. The molecule has 0 aliphatic heterocycles. The molecule has 0 atom stereocenters. The second kappa shape index (κ2) is 8.02. The van der Waals surface area contributed by atoms with Crippen molar-refractivity contribution in [2.45, 2.75) is 0 Å². The zero-order chi connectivity index (χ0) is 20.3. The molecule has 0 amide bonds. The van der Waals surface area contributed by atoms with Crippen LogP contribution in [-0.4, -0.2) is 24.9 Å². The number of fused-ring (bicyclic) bond motifs is 1. The van der Waals surface area contributed by atoms with Gasteiger partial charge >= 0.3 is 0 Å². The van der Waals surface area contributed by atoms with Crippen LogP contribution in [0.1, 0.15) is 0 Å². The van der Waals surface area contributed by atoms with Crippen molar-refractivity contribution in [2.75, 3.05) is 10.6 Å². The highest BCUT2D eigenvalue weighted by Crippen LogP contribution is 2.30. The van der Waals surface area contributed by atoms with E-state index in [0.29, 0.717) is 5.11 Å². The molecule has 2 aromatic carbocycles. The molecule has 5 rings (SSSR count). The van der Waals surface area contributed by atoms with Gasteiger partial charge in [-0.2, -0.15) is 5.10 Å². The van der Waals surface area contributed by atoms with Gasteiger partial charge in [0.25, 0.3) is 0 Å². The number of nitrogens with one attached hydrogen (secondary N) is 2. The van der Waals surface area contributed by atoms with E-state index in [0.717, 1.165) is 37.8 Å². The topological polar surface area (TPSA) is 67.7 Å². The summed E-state index contributed by atoms with van der Waals surface area (Å²) in [5.74, 6) is 0. The summed E-state index contributed by atoms with van der Waals surface area (Å²) in [7, 11) is 0. The van der Waals surface area contributed by atoms with E-state index in [-0.39, 0.29) is 0 Å². The van der Waals surface area contributed by atoms with Gasteiger partial charge in [-0.25, -0.2) is 9.67 Å². The van der Waals surface area contributed by atoms with E-state index in [4.69, 9.17) is 17.2 Å². The maximum atomic E-state index is 5.48. The summed E-state index contributed by atoms with van der Waals surface area (Å²) >= 11 is 7.11. The van der Waals surface area contributed by atoms with Crippen LogP contribution in [0.2, 0.25) is 0 Å². The monoisotopic (exact) mass is 428 g/mol. The molecule has 2 N–H and O–H groups in total. The van der Waals surface area contributed by atoms with Gasteiger partial charge in [-0.1, -0.05) is 12.1 Å². The fourth-order valence-corrected chi connectivity index (χ4v) is 4.21. The average molecular weight is 429 g/mol. The molecule has 0 aliphatic carbocycles. The fraction of sp³-hybridized carbons (Fsp3) is 0. The number of pyridine rings is 1. The minimum absolute atomic E-state index is 0.521. The van der Waals surface area contributed by atoms with E-state index in [1.165, 1.54) is 0 Å². The first-order chi connectivity index (χ1) is 14.7. The lowest BCUT2D eigenvalue weighted by atomic mass is 10.2. The Hall–Kier alpha value is -3.62. The van der Waals surface area contributed by atoms with Crippen molar-refractivity contribution in [1.82, 2.24) is 19.7 Å². The van der Waals surface area contributed by atoms with E-state index >= 15 is 0 Å². The quantitative estimate of drug-likeness (QED) is 0.376. The lowest BCUT2D eigenvalue weighted by Gasteiger charge is -2.12. The summed E-state index contributed by atoms with van der Waals surface area (Å²) in [5.41, 5.74) is 4.78. The van der Waals surface area contributed by atoms with Crippen molar-refractivity contribution in [3.63, 3.8) is 0 Å². The predicted octanol–water partition coefficient (Wildman–Crippen LogP) is 5.35. The second-order valence-electron chi connectivity index (χ2n) is 6.52. The van der Waals surface area contributed by atoms with Crippen LogP contribution in [0.5, 0.6) is 0 Å². The molecule has 30 heavy (non-hydrogen) atoms. The van der Waals surface area contributed by atoms with Crippen LogP contribution in [0, 0.1) is 0 Å². The number of thiocarbonyl (C=S) groups is 1. The smallest absolute Gasteiger partial charge is 0.175 e. The Balaban J connectivity index is 1.28. The van der Waals surface area contributed by atoms with Gasteiger partial charge in [0.2, 0.25) is 0 Å². The van der Waals surface area contributed by atoms with Crippen LogP contribution >= 0.6 is 23.6 Å². The predicted molar refractivity (Wildman–Crippen MR) is 126 cm³/mol. The van der Waals surface area contributed by atoms with E-state index < -0.39 is 0 Å². The van der Waals surface area contributed by atoms with Crippen molar-refractivity contribution < 1.29 is 0 Å². The van der Waals surface area contributed by atoms with Crippen LogP contribution < -0.4 is 10.6 Å². The normalized spacial score (nSPS) is 10.8. The minimum Gasteiger partial charge on any atom is -0.332 e. The SMILES string of the molecule is S=C(Nc1ccc(-n2cccn2)cc1)Nc1cccc(-c2nc3ccncc3s2)c1. The first kappa shape index (κ1) is 18.4. The molecule has 0 bridgehead atoms. The summed E-state index contributed by atoms with van der Waals surface area (Å²) in [5, 5.41) is 12.2. The number of anilines is 2. The van der Waals surface area contributed by atoms with Crippen LogP contribution in [-0.2, 0) is 0 Å². The molecular formula is C22H16N6S2. The Morgan fingerprint density at radius 2 is 1.80 bits per heavy atom. The fourth-order valence-electron chi connectivity index (χ4n) is 3.05. The summed E-state index contributed by atoms with van der Waals surface area (Å²) in [6, 6.07) is 19.8. The Morgan fingerprint density at radius 3 is 2.60 bits per heavy atom. The zero-order valence-electron chi connectivity index (χ0n) is 15.7. The Bertz CT molecular complexity index is 1280. The van der Waals surface area contributed by atoms with Crippen LogP contribution in [0.4, 0.5) is 11.4 Å². The summed E-state index contributed by atoms with van der Waals surface area (Å²) in [4.78, 5) is 8.86. The van der Waals surface area contributed by atoms with E-state index in [1.807, 2.05) is 77.7 Å². The minimum atomic E-state index is 0.521. The van der Waals surface area contributed by atoms with Crippen molar-refractivity contribution >= 4 is 50.3 Å². The van der Waals surface area contributed by atoms with Crippen molar-refractivity contribution in [1.29, 1.82) is 0 Å². The Kier molecular flexibility index (Phi) is 4.92. The molecule has 0 spiro atoms. The molecule has 0 unspecified atom stereocenters. The van der Waals surface area contributed by atoms with Gasteiger partial charge in [0, 0.05) is 41.7 Å². The van der Waals surface area contributed by atoms with Gasteiger partial charge in [0.1, 0.15) is 5.01 Å². The highest BCUT2D eigenvalue weighted by molar-refractivity contribution is 7.80. The third-order valence-electron chi connectivity index (χ3n) is 4.45. The zero-order valence-corrected chi connectivity index (χ0v) is 17.3. The lowest BCUT2D eigenvalue weighted by molar-refractivity contribution is 0.881. The molecule has 3 aromatic heterocycles. The molecule has 5 aromatic rings. The van der Waals surface area contributed by atoms with Gasteiger partial charge in [-0.3, -0.25) is 4.98 Å². The maximum Gasteiger partial charge on any atom is 0.175 e. The Labute approximate surface area is 182 Å². The molecule has 146 valence electrons. The second-order valence-corrected chi connectivity index (χ2v) is 7.96. The van der Waals surface area contributed by atoms with Gasteiger partial charge in [-0.15, -0.1) is 11.3 Å². The number of nitrogens with zero attached hydrogens (tertiary/aromatic N) is 4. The number of aromatic nitrogens is 4. The Morgan fingerprint density at radius 1 is 0.933 bits per heavy atom. The molecular weight excluding hydrogens is 412 g/mol. The molecule has 0 aliphatic rings.